The fourth-order valence-electron chi connectivity index (χ4n) is 1.13. The summed E-state index contributed by atoms with van der Waals surface area (Å²) in [5, 5.41) is 2.64. The minimum atomic E-state index is -0.166. The van der Waals surface area contributed by atoms with Gasteiger partial charge in [-0.25, -0.2) is 0 Å². The summed E-state index contributed by atoms with van der Waals surface area (Å²) in [7, 11) is 0. The van der Waals surface area contributed by atoms with Crippen LogP contribution in [0, 0.1) is 17.8 Å². The molecule has 64 valence electrons. The number of ketones is 1. The third kappa shape index (κ3) is 2.09. The fraction of sp³-hybridized carbons (Fsp3) is 0.556. The first-order valence-corrected chi connectivity index (χ1v) is 3.93. The van der Waals surface area contributed by atoms with Crippen LogP contribution in [0.5, 0.6) is 0 Å². The Morgan fingerprint density at radius 1 is 1.58 bits per heavy atom. The number of nitrogens with one attached hydrogen (secondary N) is 1. The predicted molar refractivity (Wildman–Crippen MR) is 44.2 cm³/mol. The van der Waals surface area contributed by atoms with E-state index in [1.165, 1.54) is 0 Å². The Kier molecular flexibility index (Phi) is 2.87. The quantitative estimate of drug-likeness (QED) is 0.442. The molecule has 1 rings (SSSR count). The Morgan fingerprint density at radius 2 is 2.33 bits per heavy atom. The highest BCUT2D eigenvalue weighted by Crippen LogP contribution is 2.09. The molecule has 1 amide bonds. The third-order valence-electron chi connectivity index (χ3n) is 1.86. The first-order chi connectivity index (χ1) is 5.74. The van der Waals surface area contributed by atoms with E-state index in [-0.39, 0.29) is 24.0 Å². The van der Waals surface area contributed by atoms with E-state index in [1.54, 1.807) is 6.92 Å². The lowest BCUT2D eigenvalue weighted by molar-refractivity contribution is -0.133. The summed E-state index contributed by atoms with van der Waals surface area (Å²) in [5.41, 5.74) is 0. The van der Waals surface area contributed by atoms with E-state index in [4.69, 9.17) is 0 Å². The molecule has 0 radical (unpaired) electrons. The molecule has 0 aromatic rings. The molecule has 1 fully saturated rings. The van der Waals surface area contributed by atoms with Gasteiger partial charge in [0.25, 0.3) is 0 Å². The maximum absolute atomic E-state index is 11.2. The van der Waals surface area contributed by atoms with Gasteiger partial charge in [-0.05, 0) is 6.92 Å². The van der Waals surface area contributed by atoms with E-state index in [1.807, 2.05) is 0 Å². The number of carbonyl (C=O) groups is 2. The Balaban J connectivity index is 2.49. The molecule has 1 unspecified atom stereocenters. The number of rotatable bonds is 1. The number of hydrogen-bond acceptors (Lipinski definition) is 2. The molecule has 3 nitrogen and oxygen atoms in total. The zero-order valence-electron chi connectivity index (χ0n) is 7.02. The molecule has 0 aromatic carbocycles. The molecule has 0 saturated carbocycles. The highest BCUT2D eigenvalue weighted by Gasteiger charge is 2.25. The molecule has 0 aliphatic carbocycles. The van der Waals surface area contributed by atoms with Crippen molar-refractivity contribution < 1.29 is 9.59 Å². The van der Waals surface area contributed by atoms with Gasteiger partial charge in [0.05, 0.1) is 6.42 Å². The minimum Gasteiger partial charge on any atom is -0.355 e. The normalized spacial score (nSPS) is 22.6. The highest BCUT2D eigenvalue weighted by atomic mass is 16.2. The van der Waals surface area contributed by atoms with Crippen LogP contribution in [0.2, 0.25) is 0 Å². The molecular formula is C9H11NO2. The van der Waals surface area contributed by atoms with E-state index in [0.717, 1.165) is 0 Å². The Hall–Kier alpha value is -1.30. The number of amides is 1. The lowest BCUT2D eigenvalue weighted by Gasteiger charge is -2.18. The van der Waals surface area contributed by atoms with Gasteiger partial charge >= 0.3 is 0 Å². The second-order valence-electron chi connectivity index (χ2n) is 2.77. The number of Topliss-reactive ketones (excluding diaryl/α,β-unsaturated/α-hetero) is 1. The Labute approximate surface area is 71.5 Å². The average Bonchev–Trinajstić information content (AvgIpc) is 2.03. The van der Waals surface area contributed by atoms with Crippen LogP contribution in [-0.4, -0.2) is 18.2 Å². The Morgan fingerprint density at radius 3 is 2.92 bits per heavy atom. The zero-order chi connectivity index (χ0) is 8.97. The molecular weight excluding hydrogens is 154 g/mol. The van der Waals surface area contributed by atoms with Crippen molar-refractivity contribution in [2.45, 2.75) is 19.8 Å². The van der Waals surface area contributed by atoms with Gasteiger partial charge < -0.3 is 5.32 Å². The zero-order valence-corrected chi connectivity index (χ0v) is 7.02. The second-order valence-corrected chi connectivity index (χ2v) is 2.77. The minimum absolute atomic E-state index is 0.0153. The monoisotopic (exact) mass is 165 g/mol. The van der Waals surface area contributed by atoms with Crippen LogP contribution in [0.25, 0.3) is 0 Å². The summed E-state index contributed by atoms with van der Waals surface area (Å²) in [4.78, 5) is 21.9. The lowest BCUT2D eigenvalue weighted by Crippen LogP contribution is -2.40. The molecule has 0 aromatic heterocycles. The van der Waals surface area contributed by atoms with Gasteiger partial charge in [-0.15, -0.1) is 11.8 Å². The summed E-state index contributed by atoms with van der Waals surface area (Å²) >= 11 is 0. The van der Waals surface area contributed by atoms with Crippen molar-refractivity contribution in [3.05, 3.63) is 0 Å². The van der Waals surface area contributed by atoms with Crippen molar-refractivity contribution in [2.24, 2.45) is 5.92 Å². The summed E-state index contributed by atoms with van der Waals surface area (Å²) in [6, 6.07) is 0. The van der Waals surface area contributed by atoms with Crippen LogP contribution in [0.3, 0.4) is 0 Å². The SMILES string of the molecule is CC#CCC1CNC(=O)CC1=O. The summed E-state index contributed by atoms with van der Waals surface area (Å²) < 4.78 is 0. The van der Waals surface area contributed by atoms with Crippen LogP contribution >= 0.6 is 0 Å². The van der Waals surface area contributed by atoms with Crippen LogP contribution in [-0.2, 0) is 9.59 Å². The third-order valence-corrected chi connectivity index (χ3v) is 1.86. The van der Waals surface area contributed by atoms with Crippen LogP contribution < -0.4 is 5.32 Å². The van der Waals surface area contributed by atoms with Crippen molar-refractivity contribution >= 4 is 11.7 Å². The number of carbonyl (C=O) groups excluding carboxylic acids is 2. The van der Waals surface area contributed by atoms with E-state index >= 15 is 0 Å². The molecule has 0 spiro atoms. The molecule has 3 heteroatoms. The van der Waals surface area contributed by atoms with Gasteiger partial charge in [0, 0.05) is 18.9 Å². The van der Waals surface area contributed by atoms with Gasteiger partial charge in [-0.2, -0.15) is 0 Å². The molecule has 12 heavy (non-hydrogen) atoms. The van der Waals surface area contributed by atoms with Crippen LogP contribution in [0.1, 0.15) is 19.8 Å². The van der Waals surface area contributed by atoms with Gasteiger partial charge in [0.15, 0.2) is 0 Å². The van der Waals surface area contributed by atoms with E-state index in [9.17, 15) is 9.59 Å². The summed E-state index contributed by atoms with van der Waals surface area (Å²) in [6.45, 7) is 2.19. The first kappa shape index (κ1) is 8.79. The van der Waals surface area contributed by atoms with Gasteiger partial charge in [-0.3, -0.25) is 9.59 Å². The number of piperidine rings is 1. The smallest absolute Gasteiger partial charge is 0.227 e. The predicted octanol–water partition coefficient (Wildman–Crippen LogP) is 0.105. The van der Waals surface area contributed by atoms with Crippen molar-refractivity contribution in [3.8, 4) is 11.8 Å². The molecule has 1 heterocycles. The van der Waals surface area contributed by atoms with Gasteiger partial charge in [0.2, 0.25) is 5.91 Å². The van der Waals surface area contributed by atoms with E-state index in [0.29, 0.717) is 13.0 Å². The molecule has 1 saturated heterocycles. The number of hydrogen-bond donors (Lipinski definition) is 1. The maximum atomic E-state index is 11.2. The highest BCUT2D eigenvalue weighted by molar-refractivity contribution is 6.01. The molecule has 1 aliphatic rings. The lowest BCUT2D eigenvalue weighted by atomic mass is 9.95. The molecule has 1 N–H and O–H groups in total. The van der Waals surface area contributed by atoms with Crippen molar-refractivity contribution in [1.82, 2.24) is 5.32 Å². The molecule has 1 atom stereocenters. The fourth-order valence-corrected chi connectivity index (χ4v) is 1.13. The van der Waals surface area contributed by atoms with Crippen molar-refractivity contribution in [2.75, 3.05) is 6.54 Å². The average molecular weight is 165 g/mol. The van der Waals surface area contributed by atoms with E-state index in [2.05, 4.69) is 17.2 Å². The van der Waals surface area contributed by atoms with Gasteiger partial charge in [-0.1, -0.05) is 0 Å². The molecule has 1 aliphatic heterocycles. The van der Waals surface area contributed by atoms with Crippen molar-refractivity contribution in [1.29, 1.82) is 0 Å². The van der Waals surface area contributed by atoms with Crippen LogP contribution in [0.15, 0.2) is 0 Å². The van der Waals surface area contributed by atoms with Crippen molar-refractivity contribution in [3.63, 3.8) is 0 Å². The Bertz CT molecular complexity index is 259. The maximum Gasteiger partial charge on any atom is 0.227 e. The van der Waals surface area contributed by atoms with Gasteiger partial charge in [0.1, 0.15) is 5.78 Å². The van der Waals surface area contributed by atoms with E-state index < -0.39 is 0 Å². The standard InChI is InChI=1S/C9H11NO2/c1-2-3-4-7-6-10-9(12)5-8(7)11/h7H,4-6H2,1H3,(H,10,12). The second kappa shape index (κ2) is 3.91. The summed E-state index contributed by atoms with van der Waals surface area (Å²) in [5.74, 6) is 5.33. The molecule has 0 bridgehead atoms. The van der Waals surface area contributed by atoms with Crippen LogP contribution in [0.4, 0.5) is 0 Å². The summed E-state index contributed by atoms with van der Waals surface area (Å²) in [6.07, 6.45) is 0.589. The topological polar surface area (TPSA) is 46.2 Å². The largest absolute Gasteiger partial charge is 0.355 e. The first-order valence-electron chi connectivity index (χ1n) is 3.93.